The van der Waals surface area contributed by atoms with E-state index >= 15 is 0 Å². The van der Waals surface area contributed by atoms with Crippen LogP contribution in [-0.4, -0.2) is 52.7 Å². The molecule has 38 heavy (non-hydrogen) atoms. The van der Waals surface area contributed by atoms with E-state index < -0.39 is 11.7 Å². The van der Waals surface area contributed by atoms with Gasteiger partial charge in [-0.25, -0.2) is 0 Å². The Hall–Kier alpha value is -2.57. The first kappa shape index (κ1) is 27.0. The van der Waals surface area contributed by atoms with E-state index in [0.717, 1.165) is 43.6 Å². The molecule has 1 saturated heterocycles. The van der Waals surface area contributed by atoms with Gasteiger partial charge >= 0.3 is 6.18 Å². The molecule has 1 aliphatic heterocycles. The molecule has 0 spiro atoms. The molecule has 3 heterocycles. The topological polar surface area (TPSA) is 72.3 Å². The standard InChI is InChI=1S/C26H30F3N5O2S2/c27-26(28,29)18-8-9-22(33-10-12-36-13-11-33)21(15-18)30-24(35)17-38-25-32-31-23(16-20-7-4-14-37-20)34(25)19-5-2-1-3-6-19/h4,7-9,14-15,19H,1-3,5-6,10-13,16-17H2,(H,30,35). The molecule has 2 aromatic heterocycles. The van der Waals surface area contributed by atoms with Crippen molar-refractivity contribution < 1.29 is 22.7 Å². The largest absolute Gasteiger partial charge is 0.416 e. The maximum Gasteiger partial charge on any atom is 0.416 e. The van der Waals surface area contributed by atoms with Gasteiger partial charge in [-0.05, 0) is 42.5 Å². The molecule has 5 rings (SSSR count). The van der Waals surface area contributed by atoms with Gasteiger partial charge in [0.1, 0.15) is 5.82 Å². The Morgan fingerprint density at radius 3 is 2.63 bits per heavy atom. The summed E-state index contributed by atoms with van der Waals surface area (Å²) < 4.78 is 47.9. The first-order valence-corrected chi connectivity index (χ1v) is 14.7. The molecule has 7 nitrogen and oxygen atoms in total. The minimum atomic E-state index is -4.51. The first-order valence-electron chi connectivity index (χ1n) is 12.8. The lowest BCUT2D eigenvalue weighted by molar-refractivity contribution is -0.137. The summed E-state index contributed by atoms with van der Waals surface area (Å²) in [6, 6.07) is 7.86. The van der Waals surface area contributed by atoms with Crippen LogP contribution in [-0.2, 0) is 22.1 Å². The Labute approximate surface area is 227 Å². The number of thiophene rings is 1. The van der Waals surface area contributed by atoms with Crippen LogP contribution in [0.25, 0.3) is 0 Å². The summed E-state index contributed by atoms with van der Waals surface area (Å²) >= 11 is 2.95. The zero-order valence-corrected chi connectivity index (χ0v) is 22.5. The fourth-order valence-corrected chi connectivity index (χ4v) is 6.54. The van der Waals surface area contributed by atoms with Crippen LogP contribution in [0, 0.1) is 0 Å². The maximum atomic E-state index is 13.4. The number of ether oxygens (including phenoxy) is 1. The highest BCUT2D eigenvalue weighted by Crippen LogP contribution is 2.37. The van der Waals surface area contributed by atoms with Crippen LogP contribution in [0.2, 0.25) is 0 Å². The van der Waals surface area contributed by atoms with Gasteiger partial charge in [-0.15, -0.1) is 21.5 Å². The molecule has 2 aliphatic rings. The van der Waals surface area contributed by atoms with Crippen LogP contribution in [0.4, 0.5) is 24.5 Å². The number of carbonyl (C=O) groups excluding carboxylic acids is 1. The molecule has 0 atom stereocenters. The lowest BCUT2D eigenvalue weighted by atomic mass is 9.95. The second kappa shape index (κ2) is 12.1. The minimum absolute atomic E-state index is 0.0165. The second-order valence-corrected chi connectivity index (χ2v) is 11.5. The van der Waals surface area contributed by atoms with E-state index in [1.165, 1.54) is 29.1 Å². The Kier molecular flexibility index (Phi) is 8.59. The van der Waals surface area contributed by atoms with Crippen LogP contribution in [0.1, 0.15) is 54.4 Å². The van der Waals surface area contributed by atoms with E-state index in [4.69, 9.17) is 4.74 Å². The molecule has 1 amide bonds. The van der Waals surface area contributed by atoms with Gasteiger partial charge in [-0.2, -0.15) is 13.2 Å². The number of anilines is 2. The Balaban J connectivity index is 1.33. The molecule has 1 aliphatic carbocycles. The number of hydrogen-bond donors (Lipinski definition) is 1. The molecule has 0 unspecified atom stereocenters. The average molecular weight is 566 g/mol. The monoisotopic (exact) mass is 565 g/mol. The smallest absolute Gasteiger partial charge is 0.378 e. The van der Waals surface area contributed by atoms with Gasteiger partial charge in [-0.3, -0.25) is 4.79 Å². The number of amides is 1. The van der Waals surface area contributed by atoms with Crippen LogP contribution in [0.15, 0.2) is 40.9 Å². The minimum Gasteiger partial charge on any atom is -0.378 e. The summed E-state index contributed by atoms with van der Waals surface area (Å²) in [5, 5.41) is 14.3. The average Bonchev–Trinajstić information content (AvgIpc) is 3.58. The highest BCUT2D eigenvalue weighted by Gasteiger charge is 2.32. The van der Waals surface area contributed by atoms with Crippen molar-refractivity contribution in [2.24, 2.45) is 0 Å². The number of morpholine rings is 1. The number of nitrogens with zero attached hydrogens (tertiary/aromatic N) is 4. The molecule has 3 aromatic rings. The van der Waals surface area contributed by atoms with Crippen molar-refractivity contribution in [2.45, 2.75) is 55.9 Å². The fourth-order valence-electron chi connectivity index (χ4n) is 5.01. The summed E-state index contributed by atoms with van der Waals surface area (Å²) in [5.74, 6) is 0.513. The van der Waals surface area contributed by atoms with E-state index in [-0.39, 0.29) is 23.4 Å². The Bertz CT molecular complexity index is 1220. The molecular weight excluding hydrogens is 535 g/mol. The predicted octanol–water partition coefficient (Wildman–Crippen LogP) is 6.02. The van der Waals surface area contributed by atoms with Crippen molar-refractivity contribution in [3.05, 3.63) is 52.0 Å². The van der Waals surface area contributed by atoms with Crippen molar-refractivity contribution in [1.82, 2.24) is 14.8 Å². The third-order valence-electron chi connectivity index (χ3n) is 6.87. The highest BCUT2D eigenvalue weighted by atomic mass is 32.2. The number of carbonyl (C=O) groups is 1. The second-order valence-electron chi connectivity index (χ2n) is 9.48. The Morgan fingerprint density at radius 2 is 1.92 bits per heavy atom. The van der Waals surface area contributed by atoms with Gasteiger partial charge < -0.3 is 19.5 Å². The summed E-state index contributed by atoms with van der Waals surface area (Å²) in [7, 11) is 0. The van der Waals surface area contributed by atoms with Gasteiger partial charge in [0.2, 0.25) is 5.91 Å². The lowest BCUT2D eigenvalue weighted by Crippen LogP contribution is -2.37. The zero-order chi connectivity index (χ0) is 26.5. The zero-order valence-electron chi connectivity index (χ0n) is 20.9. The van der Waals surface area contributed by atoms with Crippen LogP contribution < -0.4 is 10.2 Å². The fraction of sp³-hybridized carbons (Fsp3) is 0.500. The molecule has 1 N–H and O–H groups in total. The molecule has 204 valence electrons. The number of benzene rings is 1. The van der Waals surface area contributed by atoms with E-state index in [0.29, 0.717) is 43.6 Å². The molecule has 2 fully saturated rings. The van der Waals surface area contributed by atoms with Crippen molar-refractivity contribution in [2.75, 3.05) is 42.3 Å². The molecule has 1 aromatic carbocycles. The van der Waals surface area contributed by atoms with Crippen molar-refractivity contribution in [3.63, 3.8) is 0 Å². The summed E-state index contributed by atoms with van der Waals surface area (Å²) in [4.78, 5) is 16.2. The van der Waals surface area contributed by atoms with Crippen LogP contribution in [0.3, 0.4) is 0 Å². The summed E-state index contributed by atoms with van der Waals surface area (Å²) in [6.07, 6.45) is 1.77. The SMILES string of the molecule is O=C(CSc1nnc(Cc2cccs2)n1C1CCCCC1)Nc1cc(C(F)(F)F)ccc1N1CCOCC1. The van der Waals surface area contributed by atoms with Gasteiger partial charge in [0.25, 0.3) is 0 Å². The van der Waals surface area contributed by atoms with Crippen molar-refractivity contribution >= 4 is 40.4 Å². The maximum absolute atomic E-state index is 13.4. The third-order valence-corrected chi connectivity index (χ3v) is 8.69. The highest BCUT2D eigenvalue weighted by molar-refractivity contribution is 7.99. The van der Waals surface area contributed by atoms with Crippen LogP contribution in [0.5, 0.6) is 0 Å². The van der Waals surface area contributed by atoms with E-state index in [2.05, 4.69) is 26.1 Å². The number of aromatic nitrogens is 3. The quantitative estimate of drug-likeness (QED) is 0.337. The van der Waals surface area contributed by atoms with E-state index in [1.54, 1.807) is 11.3 Å². The normalized spacial score (nSPS) is 17.1. The number of thioether (sulfide) groups is 1. The Morgan fingerprint density at radius 1 is 1.13 bits per heavy atom. The molecular formula is C26H30F3N5O2S2. The van der Waals surface area contributed by atoms with Crippen molar-refractivity contribution in [3.8, 4) is 0 Å². The van der Waals surface area contributed by atoms with Gasteiger partial charge in [0, 0.05) is 30.4 Å². The van der Waals surface area contributed by atoms with Gasteiger partial charge in [0.15, 0.2) is 5.16 Å². The number of nitrogens with one attached hydrogen (secondary N) is 1. The number of hydrogen-bond acceptors (Lipinski definition) is 7. The lowest BCUT2D eigenvalue weighted by Gasteiger charge is -2.31. The van der Waals surface area contributed by atoms with Crippen molar-refractivity contribution in [1.29, 1.82) is 0 Å². The van der Waals surface area contributed by atoms with Gasteiger partial charge in [0.05, 0.1) is 35.9 Å². The van der Waals surface area contributed by atoms with Crippen LogP contribution >= 0.6 is 23.1 Å². The third kappa shape index (κ3) is 6.52. The summed E-state index contributed by atoms with van der Waals surface area (Å²) in [6.45, 7) is 2.05. The predicted molar refractivity (Wildman–Crippen MR) is 143 cm³/mol. The summed E-state index contributed by atoms with van der Waals surface area (Å²) in [5.41, 5.74) is -0.0876. The number of alkyl halides is 3. The number of rotatable bonds is 8. The molecule has 0 radical (unpaired) electrons. The van der Waals surface area contributed by atoms with E-state index in [9.17, 15) is 18.0 Å². The first-order chi connectivity index (χ1) is 18.4. The molecule has 0 bridgehead atoms. The van der Waals surface area contributed by atoms with Gasteiger partial charge in [-0.1, -0.05) is 37.1 Å². The number of halogens is 3. The van der Waals surface area contributed by atoms with E-state index in [1.807, 2.05) is 16.3 Å². The molecule has 1 saturated carbocycles. The molecule has 12 heteroatoms.